The van der Waals surface area contributed by atoms with Crippen molar-refractivity contribution in [3.63, 3.8) is 0 Å². The topological polar surface area (TPSA) is 51.2 Å². The van der Waals surface area contributed by atoms with Gasteiger partial charge in [-0.15, -0.1) is 0 Å². The fraction of sp³-hybridized carbons (Fsp3) is 0.647. The number of hydrogen-bond acceptors (Lipinski definition) is 5. The Hall–Kier alpha value is -1.30. The lowest BCUT2D eigenvalue weighted by molar-refractivity contribution is -0.0975. The third-order valence-corrected chi connectivity index (χ3v) is 5.04. The van der Waals surface area contributed by atoms with E-state index in [9.17, 15) is 5.11 Å². The lowest BCUT2D eigenvalue weighted by Crippen LogP contribution is -2.53. The van der Waals surface area contributed by atoms with Crippen molar-refractivity contribution < 1.29 is 19.3 Å². The van der Waals surface area contributed by atoms with E-state index in [1.54, 1.807) is 0 Å². The molecule has 3 aliphatic rings. The van der Waals surface area contributed by atoms with Crippen molar-refractivity contribution in [1.82, 2.24) is 4.90 Å². The van der Waals surface area contributed by atoms with Gasteiger partial charge in [0.05, 0.1) is 18.8 Å². The van der Waals surface area contributed by atoms with Crippen LogP contribution < -0.4 is 9.47 Å². The average Bonchev–Trinajstić information content (AvgIpc) is 3.02. The van der Waals surface area contributed by atoms with Crippen LogP contribution in [0.25, 0.3) is 0 Å². The highest BCUT2D eigenvalue weighted by Gasteiger charge is 2.35. The van der Waals surface area contributed by atoms with E-state index in [-0.39, 0.29) is 6.79 Å². The van der Waals surface area contributed by atoms with Crippen molar-refractivity contribution >= 4 is 0 Å². The molecule has 1 N–H and O–H groups in total. The number of β-amino-alcohol motifs (C(OH)–C–C–N with tert-alkyl or cyclic N) is 1. The zero-order valence-corrected chi connectivity index (χ0v) is 12.7. The molecule has 3 atom stereocenters. The van der Waals surface area contributed by atoms with Gasteiger partial charge in [0.25, 0.3) is 0 Å². The van der Waals surface area contributed by atoms with Crippen molar-refractivity contribution in [1.29, 1.82) is 0 Å². The maximum Gasteiger partial charge on any atom is 0.231 e. The van der Waals surface area contributed by atoms with Crippen LogP contribution in [-0.4, -0.2) is 48.6 Å². The summed E-state index contributed by atoms with van der Waals surface area (Å²) in [6.07, 6.45) is 4.71. The molecule has 1 aliphatic carbocycles. The second kappa shape index (κ2) is 6.07. The molecular weight excluding hydrogens is 282 g/mol. The molecule has 2 aliphatic heterocycles. The van der Waals surface area contributed by atoms with E-state index < -0.39 is 6.10 Å². The molecule has 120 valence electrons. The van der Waals surface area contributed by atoms with Gasteiger partial charge >= 0.3 is 0 Å². The van der Waals surface area contributed by atoms with Crippen molar-refractivity contribution in [3.05, 3.63) is 23.8 Å². The third kappa shape index (κ3) is 2.69. The molecule has 0 spiro atoms. The first-order chi connectivity index (χ1) is 10.8. The zero-order valence-electron chi connectivity index (χ0n) is 12.7. The highest BCUT2D eigenvalue weighted by molar-refractivity contribution is 5.45. The van der Waals surface area contributed by atoms with E-state index in [0.29, 0.717) is 18.7 Å². The van der Waals surface area contributed by atoms with E-state index in [0.717, 1.165) is 36.6 Å². The predicted molar refractivity (Wildman–Crippen MR) is 81.1 cm³/mol. The number of aliphatic hydroxyl groups is 1. The molecule has 0 radical (unpaired) electrons. The lowest BCUT2D eigenvalue weighted by atomic mass is 9.89. The van der Waals surface area contributed by atoms with Gasteiger partial charge in [-0.2, -0.15) is 0 Å². The number of morpholine rings is 1. The van der Waals surface area contributed by atoms with Crippen molar-refractivity contribution in [2.75, 3.05) is 26.5 Å². The molecule has 0 bridgehead atoms. The molecule has 4 rings (SSSR count). The number of nitrogens with zero attached hydrogens (tertiary/aromatic N) is 1. The van der Waals surface area contributed by atoms with Crippen LogP contribution in [0.1, 0.15) is 37.4 Å². The summed E-state index contributed by atoms with van der Waals surface area (Å²) < 4.78 is 16.6. The van der Waals surface area contributed by atoms with Gasteiger partial charge in [-0.05, 0) is 30.5 Å². The molecule has 2 fully saturated rings. The zero-order chi connectivity index (χ0) is 14.9. The largest absolute Gasteiger partial charge is 0.454 e. The summed E-state index contributed by atoms with van der Waals surface area (Å²) in [7, 11) is 0. The predicted octanol–water partition coefficient (Wildman–Crippen LogP) is 2.09. The van der Waals surface area contributed by atoms with Gasteiger partial charge in [0.15, 0.2) is 11.5 Å². The molecule has 1 aromatic carbocycles. The molecule has 1 saturated carbocycles. The molecular formula is C17H23NO4. The maximum atomic E-state index is 10.6. The number of hydrogen-bond donors (Lipinski definition) is 1. The standard InChI is InChI=1S/C17H23NO4/c19-14(12-5-6-16-17(9-12)22-11-21-16)10-18-7-8-20-15-4-2-1-3-13(15)18/h5-6,9,13-15,19H,1-4,7-8,10-11H2/t13-,14+,15-/m0/s1. The molecule has 1 saturated heterocycles. The molecule has 2 heterocycles. The quantitative estimate of drug-likeness (QED) is 0.927. The monoisotopic (exact) mass is 305 g/mol. The summed E-state index contributed by atoms with van der Waals surface area (Å²) in [5.74, 6) is 1.49. The highest BCUT2D eigenvalue weighted by Crippen LogP contribution is 2.35. The molecule has 5 heteroatoms. The van der Waals surface area contributed by atoms with Crippen LogP contribution in [0.15, 0.2) is 18.2 Å². The van der Waals surface area contributed by atoms with Gasteiger partial charge in [-0.1, -0.05) is 18.9 Å². The summed E-state index contributed by atoms with van der Waals surface area (Å²) in [4.78, 5) is 2.41. The second-order valence-corrected chi connectivity index (χ2v) is 6.38. The fourth-order valence-electron chi connectivity index (χ4n) is 3.85. The van der Waals surface area contributed by atoms with E-state index in [1.807, 2.05) is 18.2 Å². The molecule has 5 nitrogen and oxygen atoms in total. The molecule has 1 aromatic rings. The number of fused-ring (bicyclic) bond motifs is 2. The first kappa shape index (κ1) is 14.3. The smallest absolute Gasteiger partial charge is 0.231 e. The highest BCUT2D eigenvalue weighted by atomic mass is 16.7. The van der Waals surface area contributed by atoms with Crippen LogP contribution in [0.2, 0.25) is 0 Å². The van der Waals surface area contributed by atoms with Gasteiger partial charge < -0.3 is 19.3 Å². The van der Waals surface area contributed by atoms with Crippen LogP contribution in [0.3, 0.4) is 0 Å². The van der Waals surface area contributed by atoms with Crippen molar-refractivity contribution in [2.24, 2.45) is 0 Å². The third-order valence-electron chi connectivity index (χ3n) is 5.04. The Morgan fingerprint density at radius 2 is 2.05 bits per heavy atom. The molecule has 0 aromatic heterocycles. The van der Waals surface area contributed by atoms with Gasteiger partial charge in [0, 0.05) is 19.1 Å². The average molecular weight is 305 g/mol. The Bertz CT molecular complexity index is 533. The van der Waals surface area contributed by atoms with Gasteiger partial charge in [-0.3, -0.25) is 4.90 Å². The summed E-state index contributed by atoms with van der Waals surface area (Å²) in [5, 5.41) is 10.6. The summed E-state index contributed by atoms with van der Waals surface area (Å²) in [6.45, 7) is 2.60. The second-order valence-electron chi connectivity index (χ2n) is 6.38. The number of benzene rings is 1. The van der Waals surface area contributed by atoms with Crippen LogP contribution in [-0.2, 0) is 4.74 Å². The maximum absolute atomic E-state index is 10.6. The molecule has 0 unspecified atom stereocenters. The first-order valence-corrected chi connectivity index (χ1v) is 8.24. The molecule has 0 amide bonds. The van der Waals surface area contributed by atoms with E-state index in [2.05, 4.69) is 4.90 Å². The van der Waals surface area contributed by atoms with Crippen LogP contribution in [0, 0.1) is 0 Å². The summed E-state index contributed by atoms with van der Waals surface area (Å²) in [5.41, 5.74) is 0.892. The Kier molecular flexibility index (Phi) is 3.94. The summed E-state index contributed by atoms with van der Waals surface area (Å²) >= 11 is 0. The summed E-state index contributed by atoms with van der Waals surface area (Å²) in [6, 6.07) is 6.16. The van der Waals surface area contributed by atoms with Crippen LogP contribution in [0.4, 0.5) is 0 Å². The van der Waals surface area contributed by atoms with E-state index in [1.165, 1.54) is 19.3 Å². The fourth-order valence-corrected chi connectivity index (χ4v) is 3.85. The van der Waals surface area contributed by atoms with E-state index in [4.69, 9.17) is 14.2 Å². The Balaban J connectivity index is 1.45. The van der Waals surface area contributed by atoms with Crippen LogP contribution >= 0.6 is 0 Å². The minimum absolute atomic E-state index is 0.266. The van der Waals surface area contributed by atoms with Crippen LogP contribution in [0.5, 0.6) is 11.5 Å². The SMILES string of the molecule is O[C@H](CN1CCO[C@H]2CCCC[C@@H]21)c1ccc2c(c1)OCO2. The van der Waals surface area contributed by atoms with Gasteiger partial charge in [0.1, 0.15) is 0 Å². The molecule has 22 heavy (non-hydrogen) atoms. The van der Waals surface area contributed by atoms with Crippen molar-refractivity contribution in [3.8, 4) is 11.5 Å². The minimum atomic E-state index is -0.504. The normalized spacial score (nSPS) is 29.1. The number of aliphatic hydroxyl groups excluding tert-OH is 1. The lowest BCUT2D eigenvalue weighted by Gasteiger charge is -2.44. The number of ether oxygens (including phenoxy) is 3. The number of rotatable bonds is 3. The van der Waals surface area contributed by atoms with Gasteiger partial charge in [0.2, 0.25) is 6.79 Å². The first-order valence-electron chi connectivity index (χ1n) is 8.24. The van der Waals surface area contributed by atoms with Crippen molar-refractivity contribution in [2.45, 2.75) is 43.9 Å². The Labute approximate surface area is 130 Å². The van der Waals surface area contributed by atoms with E-state index >= 15 is 0 Å². The van der Waals surface area contributed by atoms with Gasteiger partial charge in [-0.25, -0.2) is 0 Å². The Morgan fingerprint density at radius 3 is 3.00 bits per heavy atom. The Morgan fingerprint density at radius 1 is 1.18 bits per heavy atom. The minimum Gasteiger partial charge on any atom is -0.454 e.